The van der Waals surface area contributed by atoms with Gasteiger partial charge in [-0.2, -0.15) is 0 Å². The summed E-state index contributed by atoms with van der Waals surface area (Å²) in [5, 5.41) is 2.86. The molecule has 0 aliphatic rings. The zero-order chi connectivity index (χ0) is 20.0. The van der Waals surface area contributed by atoms with E-state index in [-0.39, 0.29) is 18.1 Å². The molecule has 2 aromatic rings. The van der Waals surface area contributed by atoms with Crippen LogP contribution in [0.25, 0.3) is 0 Å². The highest BCUT2D eigenvalue weighted by atomic mass is 35.5. The van der Waals surface area contributed by atoms with E-state index in [9.17, 15) is 9.59 Å². The summed E-state index contributed by atoms with van der Waals surface area (Å²) in [6.07, 6.45) is -0.778. The number of hydrogen-bond donors (Lipinski definition) is 1. The smallest absolute Gasteiger partial charge is 0.417 e. The standard InChI is InChI=1S/C19H21ClN2O5/c1-22(2)11-15(23)12-7-5-6-8-16(12)27-19(24)21-14-9-13(20)17(25-3)10-18(14)26-4/h5-10H,11H2,1-4H3,(H,21,24). The molecule has 1 amide bonds. The van der Waals surface area contributed by atoms with Crippen LogP contribution in [-0.2, 0) is 0 Å². The van der Waals surface area contributed by atoms with Crippen molar-refractivity contribution >= 4 is 29.2 Å². The SMILES string of the molecule is COc1cc(OC)c(NC(=O)Oc2ccccc2C(=O)CN(C)C)cc1Cl. The van der Waals surface area contributed by atoms with E-state index in [4.69, 9.17) is 25.8 Å². The maximum absolute atomic E-state index is 12.3. The van der Waals surface area contributed by atoms with Crippen molar-refractivity contribution < 1.29 is 23.8 Å². The lowest BCUT2D eigenvalue weighted by Crippen LogP contribution is -2.23. The van der Waals surface area contributed by atoms with Crippen molar-refractivity contribution in [2.24, 2.45) is 0 Å². The fourth-order valence-corrected chi connectivity index (χ4v) is 2.59. The van der Waals surface area contributed by atoms with E-state index in [1.54, 1.807) is 49.3 Å². The minimum atomic E-state index is -0.778. The quantitative estimate of drug-likeness (QED) is 0.724. The van der Waals surface area contributed by atoms with E-state index in [2.05, 4.69) is 5.32 Å². The maximum atomic E-state index is 12.3. The highest BCUT2D eigenvalue weighted by Gasteiger charge is 2.17. The summed E-state index contributed by atoms with van der Waals surface area (Å²) in [7, 11) is 6.50. The first-order chi connectivity index (χ1) is 12.8. The van der Waals surface area contributed by atoms with Crippen molar-refractivity contribution in [2.75, 3.05) is 40.2 Å². The largest absolute Gasteiger partial charge is 0.495 e. The Morgan fingerprint density at radius 3 is 2.33 bits per heavy atom. The van der Waals surface area contributed by atoms with Crippen molar-refractivity contribution in [3.63, 3.8) is 0 Å². The maximum Gasteiger partial charge on any atom is 0.417 e. The fourth-order valence-electron chi connectivity index (χ4n) is 2.35. The lowest BCUT2D eigenvalue weighted by atomic mass is 10.1. The van der Waals surface area contributed by atoms with Crippen molar-refractivity contribution in [3.05, 3.63) is 47.0 Å². The van der Waals surface area contributed by atoms with Gasteiger partial charge in [-0.1, -0.05) is 23.7 Å². The molecule has 0 unspecified atom stereocenters. The Morgan fingerprint density at radius 2 is 1.70 bits per heavy atom. The number of nitrogens with one attached hydrogen (secondary N) is 1. The molecule has 27 heavy (non-hydrogen) atoms. The molecule has 8 heteroatoms. The minimum Gasteiger partial charge on any atom is -0.495 e. The van der Waals surface area contributed by atoms with Crippen molar-refractivity contribution in [1.82, 2.24) is 4.90 Å². The van der Waals surface area contributed by atoms with Crippen LogP contribution < -0.4 is 19.5 Å². The molecule has 0 aromatic heterocycles. The Balaban J connectivity index is 2.20. The van der Waals surface area contributed by atoms with Gasteiger partial charge in [-0.25, -0.2) is 4.79 Å². The van der Waals surface area contributed by atoms with E-state index >= 15 is 0 Å². The van der Waals surface area contributed by atoms with Crippen LogP contribution in [0, 0.1) is 0 Å². The number of Topliss-reactive ketones (excluding diaryl/α,β-unsaturated/α-hetero) is 1. The van der Waals surface area contributed by atoms with Crippen LogP contribution >= 0.6 is 11.6 Å². The molecule has 0 aliphatic carbocycles. The molecule has 1 N–H and O–H groups in total. The predicted molar refractivity (Wildman–Crippen MR) is 104 cm³/mol. The normalized spacial score (nSPS) is 10.4. The fraction of sp³-hybridized carbons (Fsp3) is 0.263. The number of carbonyl (C=O) groups excluding carboxylic acids is 2. The molecular weight excluding hydrogens is 372 g/mol. The molecular formula is C19H21ClN2O5. The van der Waals surface area contributed by atoms with Crippen molar-refractivity contribution in [2.45, 2.75) is 0 Å². The number of nitrogens with zero attached hydrogens (tertiary/aromatic N) is 1. The number of methoxy groups -OCH3 is 2. The molecule has 0 heterocycles. The van der Waals surface area contributed by atoms with Gasteiger partial charge < -0.3 is 19.1 Å². The Bertz CT molecular complexity index is 839. The number of ketones is 1. The molecule has 2 rings (SSSR count). The van der Waals surface area contributed by atoms with E-state index < -0.39 is 6.09 Å². The molecule has 0 saturated heterocycles. The summed E-state index contributed by atoms with van der Waals surface area (Å²) >= 11 is 6.10. The number of rotatable bonds is 7. The first-order valence-corrected chi connectivity index (χ1v) is 8.40. The third-order valence-corrected chi connectivity index (χ3v) is 3.86. The summed E-state index contributed by atoms with van der Waals surface area (Å²) in [4.78, 5) is 26.4. The summed E-state index contributed by atoms with van der Waals surface area (Å²) in [5.74, 6) is 0.770. The number of carbonyl (C=O) groups is 2. The number of amides is 1. The number of anilines is 1. The third-order valence-electron chi connectivity index (χ3n) is 3.56. The number of halogens is 1. The molecule has 0 bridgehead atoms. The van der Waals surface area contributed by atoms with Crippen LogP contribution in [0.4, 0.5) is 10.5 Å². The predicted octanol–water partition coefficient (Wildman–Crippen LogP) is 3.71. The first kappa shape index (κ1) is 20.5. The van der Waals surface area contributed by atoms with Gasteiger partial charge in [0.05, 0.1) is 37.0 Å². The van der Waals surface area contributed by atoms with E-state index in [0.717, 1.165) is 0 Å². The zero-order valence-electron chi connectivity index (χ0n) is 15.5. The zero-order valence-corrected chi connectivity index (χ0v) is 16.3. The minimum absolute atomic E-state index is 0.159. The molecule has 144 valence electrons. The second-order valence-electron chi connectivity index (χ2n) is 5.86. The topological polar surface area (TPSA) is 77.1 Å². The lowest BCUT2D eigenvalue weighted by Gasteiger charge is -2.14. The number of likely N-dealkylation sites (N-methyl/N-ethyl adjacent to an activating group) is 1. The van der Waals surface area contributed by atoms with E-state index in [0.29, 0.717) is 27.8 Å². The van der Waals surface area contributed by atoms with E-state index in [1.165, 1.54) is 20.3 Å². The highest BCUT2D eigenvalue weighted by molar-refractivity contribution is 6.32. The number of para-hydroxylation sites is 1. The van der Waals surface area contributed by atoms with Crippen LogP contribution in [0.15, 0.2) is 36.4 Å². The Morgan fingerprint density at radius 1 is 1.04 bits per heavy atom. The van der Waals surface area contributed by atoms with Crippen molar-refractivity contribution in [3.8, 4) is 17.2 Å². The molecule has 0 aliphatic heterocycles. The Kier molecular flexibility index (Phi) is 7.04. The summed E-state index contributed by atoms with van der Waals surface area (Å²) in [5.41, 5.74) is 0.631. The Hall–Kier alpha value is -2.77. The second-order valence-corrected chi connectivity index (χ2v) is 6.27. The Labute approximate surface area is 162 Å². The van der Waals surface area contributed by atoms with Gasteiger partial charge >= 0.3 is 6.09 Å². The van der Waals surface area contributed by atoms with Gasteiger partial charge in [0.15, 0.2) is 5.78 Å². The molecule has 0 saturated carbocycles. The van der Waals surface area contributed by atoms with Gasteiger partial charge in [0, 0.05) is 6.07 Å². The van der Waals surface area contributed by atoms with Crippen molar-refractivity contribution in [1.29, 1.82) is 0 Å². The summed E-state index contributed by atoms with van der Waals surface area (Å²) < 4.78 is 15.7. The summed E-state index contributed by atoms with van der Waals surface area (Å²) in [6.45, 7) is 0.198. The molecule has 0 atom stereocenters. The van der Waals surface area contributed by atoms with Gasteiger partial charge in [-0.05, 0) is 32.3 Å². The van der Waals surface area contributed by atoms with Crippen LogP contribution in [0.2, 0.25) is 5.02 Å². The second kappa shape index (κ2) is 9.25. The summed E-state index contributed by atoms with van der Waals surface area (Å²) in [6, 6.07) is 9.59. The molecule has 0 radical (unpaired) electrons. The van der Waals surface area contributed by atoms with Gasteiger partial charge in [0.25, 0.3) is 0 Å². The average Bonchev–Trinajstić information content (AvgIpc) is 2.61. The number of ether oxygens (including phenoxy) is 3. The monoisotopic (exact) mass is 392 g/mol. The van der Waals surface area contributed by atoms with Crippen LogP contribution in [-0.4, -0.2) is 51.6 Å². The molecule has 0 fully saturated rings. The number of hydrogen-bond acceptors (Lipinski definition) is 6. The van der Waals surface area contributed by atoms with Crippen LogP contribution in [0.1, 0.15) is 10.4 Å². The molecule has 2 aromatic carbocycles. The van der Waals surface area contributed by atoms with Crippen LogP contribution in [0.3, 0.4) is 0 Å². The molecule has 0 spiro atoms. The average molecular weight is 393 g/mol. The third kappa shape index (κ3) is 5.35. The van der Waals surface area contributed by atoms with Gasteiger partial charge in [-0.15, -0.1) is 0 Å². The van der Waals surface area contributed by atoms with Crippen LogP contribution in [0.5, 0.6) is 17.2 Å². The van der Waals surface area contributed by atoms with Gasteiger partial charge in [0.1, 0.15) is 17.2 Å². The van der Waals surface area contributed by atoms with E-state index in [1.807, 2.05) is 0 Å². The highest BCUT2D eigenvalue weighted by Crippen LogP contribution is 2.36. The van der Waals surface area contributed by atoms with Gasteiger partial charge in [0.2, 0.25) is 0 Å². The molecule has 7 nitrogen and oxygen atoms in total. The first-order valence-electron chi connectivity index (χ1n) is 8.03. The lowest BCUT2D eigenvalue weighted by molar-refractivity contribution is 0.0955. The van der Waals surface area contributed by atoms with Gasteiger partial charge in [-0.3, -0.25) is 10.1 Å². The number of benzene rings is 2.